The highest BCUT2D eigenvalue weighted by molar-refractivity contribution is 6.01. The van der Waals surface area contributed by atoms with Gasteiger partial charge in [0.05, 0.1) is 0 Å². The minimum absolute atomic E-state index is 0.0212. The van der Waals surface area contributed by atoms with Gasteiger partial charge in [0.15, 0.2) is 5.78 Å². The molecule has 1 aromatic rings. The Morgan fingerprint density at radius 1 is 1.33 bits per heavy atom. The Kier molecular flexibility index (Phi) is 4.13. The molecule has 0 unspecified atom stereocenters. The molecule has 3 nitrogen and oxygen atoms in total. The van der Waals surface area contributed by atoms with E-state index in [0.29, 0.717) is 12.0 Å². The number of hydrogen-bond acceptors (Lipinski definition) is 2. The Morgan fingerprint density at radius 2 is 2.11 bits per heavy atom. The summed E-state index contributed by atoms with van der Waals surface area (Å²) in [6, 6.07) is 7.26. The smallest absolute Gasteiger partial charge is 0.224 e. The third kappa shape index (κ3) is 3.42. The summed E-state index contributed by atoms with van der Waals surface area (Å²) in [5.41, 5.74) is 1.44. The van der Waals surface area contributed by atoms with Crippen LogP contribution < -0.4 is 5.32 Å². The number of benzene rings is 1. The summed E-state index contributed by atoms with van der Waals surface area (Å²) >= 11 is 0. The van der Waals surface area contributed by atoms with Crippen molar-refractivity contribution in [2.24, 2.45) is 5.92 Å². The second-order valence-corrected chi connectivity index (χ2v) is 4.87. The molecule has 0 atom stereocenters. The van der Waals surface area contributed by atoms with Gasteiger partial charge in [0.1, 0.15) is 0 Å². The monoisotopic (exact) mass is 245 g/mol. The van der Waals surface area contributed by atoms with Gasteiger partial charge in [-0.25, -0.2) is 0 Å². The van der Waals surface area contributed by atoms with Gasteiger partial charge in [-0.05, 0) is 31.4 Å². The van der Waals surface area contributed by atoms with Crippen molar-refractivity contribution in [3.8, 4) is 0 Å². The van der Waals surface area contributed by atoms with Crippen molar-refractivity contribution in [2.75, 3.05) is 5.32 Å². The SMILES string of the molecule is CCCCC(=O)Nc1cccc(C(=O)C2CC2)c1. The van der Waals surface area contributed by atoms with Crippen LogP contribution in [0.4, 0.5) is 5.69 Å². The lowest BCUT2D eigenvalue weighted by atomic mass is 10.1. The van der Waals surface area contributed by atoms with Crippen molar-refractivity contribution >= 4 is 17.4 Å². The van der Waals surface area contributed by atoms with Crippen LogP contribution in [0.1, 0.15) is 49.4 Å². The van der Waals surface area contributed by atoms with Gasteiger partial charge in [0, 0.05) is 23.6 Å². The maximum Gasteiger partial charge on any atom is 0.224 e. The average molecular weight is 245 g/mol. The topological polar surface area (TPSA) is 46.2 Å². The summed E-state index contributed by atoms with van der Waals surface area (Å²) in [5, 5.41) is 2.84. The first-order valence-electron chi connectivity index (χ1n) is 6.65. The molecule has 0 bridgehead atoms. The second kappa shape index (κ2) is 5.80. The minimum Gasteiger partial charge on any atom is -0.326 e. The number of hydrogen-bond donors (Lipinski definition) is 1. The van der Waals surface area contributed by atoms with Crippen LogP contribution in [-0.4, -0.2) is 11.7 Å². The molecule has 1 fully saturated rings. The number of amides is 1. The number of carbonyl (C=O) groups excluding carboxylic acids is 2. The zero-order valence-electron chi connectivity index (χ0n) is 10.7. The number of ketones is 1. The van der Waals surface area contributed by atoms with E-state index in [9.17, 15) is 9.59 Å². The fourth-order valence-electron chi connectivity index (χ4n) is 1.89. The van der Waals surface area contributed by atoms with E-state index in [-0.39, 0.29) is 17.6 Å². The molecule has 18 heavy (non-hydrogen) atoms. The molecule has 0 radical (unpaired) electrons. The Morgan fingerprint density at radius 3 is 2.78 bits per heavy atom. The van der Waals surface area contributed by atoms with Gasteiger partial charge in [0.25, 0.3) is 0 Å². The van der Waals surface area contributed by atoms with Crippen LogP contribution in [0.3, 0.4) is 0 Å². The number of Topliss-reactive ketones (excluding diaryl/α,β-unsaturated/α-hetero) is 1. The highest BCUT2D eigenvalue weighted by Gasteiger charge is 2.30. The minimum atomic E-state index is 0.0212. The lowest BCUT2D eigenvalue weighted by Gasteiger charge is -2.06. The van der Waals surface area contributed by atoms with Gasteiger partial charge in [0.2, 0.25) is 5.91 Å². The van der Waals surface area contributed by atoms with E-state index in [1.54, 1.807) is 6.07 Å². The standard InChI is InChI=1S/C15H19NO2/c1-2-3-7-14(17)16-13-6-4-5-12(10-13)15(18)11-8-9-11/h4-6,10-11H,2-3,7-9H2,1H3,(H,16,17). The van der Waals surface area contributed by atoms with E-state index in [2.05, 4.69) is 12.2 Å². The zero-order valence-corrected chi connectivity index (χ0v) is 10.7. The van der Waals surface area contributed by atoms with E-state index in [0.717, 1.165) is 31.4 Å². The highest BCUT2D eigenvalue weighted by atomic mass is 16.1. The summed E-state index contributed by atoms with van der Waals surface area (Å²) in [7, 11) is 0. The van der Waals surface area contributed by atoms with Gasteiger partial charge in [-0.3, -0.25) is 9.59 Å². The maximum absolute atomic E-state index is 11.9. The van der Waals surface area contributed by atoms with Crippen LogP contribution in [-0.2, 0) is 4.79 Å². The van der Waals surface area contributed by atoms with Crippen molar-refractivity contribution in [1.29, 1.82) is 0 Å². The summed E-state index contributed by atoms with van der Waals surface area (Å²) in [4.78, 5) is 23.5. The van der Waals surface area contributed by atoms with E-state index in [4.69, 9.17) is 0 Å². The van der Waals surface area contributed by atoms with Crippen LogP contribution in [0, 0.1) is 5.92 Å². The number of carbonyl (C=O) groups is 2. The first-order chi connectivity index (χ1) is 8.70. The molecular formula is C15H19NO2. The van der Waals surface area contributed by atoms with Crippen molar-refractivity contribution < 1.29 is 9.59 Å². The lowest BCUT2D eigenvalue weighted by molar-refractivity contribution is -0.116. The van der Waals surface area contributed by atoms with Crippen molar-refractivity contribution in [3.05, 3.63) is 29.8 Å². The molecule has 0 spiro atoms. The molecule has 1 saturated carbocycles. The van der Waals surface area contributed by atoms with E-state index in [1.807, 2.05) is 18.2 Å². The predicted molar refractivity (Wildman–Crippen MR) is 71.7 cm³/mol. The lowest BCUT2D eigenvalue weighted by Crippen LogP contribution is -2.11. The quantitative estimate of drug-likeness (QED) is 0.781. The fraction of sp³-hybridized carbons (Fsp3) is 0.467. The molecule has 0 heterocycles. The van der Waals surface area contributed by atoms with Crippen molar-refractivity contribution in [1.82, 2.24) is 0 Å². The molecule has 0 aliphatic heterocycles. The van der Waals surface area contributed by atoms with Crippen molar-refractivity contribution in [2.45, 2.75) is 39.0 Å². The molecule has 96 valence electrons. The number of unbranched alkanes of at least 4 members (excludes halogenated alkanes) is 1. The first kappa shape index (κ1) is 12.8. The Bertz CT molecular complexity index is 450. The van der Waals surface area contributed by atoms with Crippen molar-refractivity contribution in [3.63, 3.8) is 0 Å². The van der Waals surface area contributed by atoms with E-state index in [1.165, 1.54) is 0 Å². The molecular weight excluding hydrogens is 226 g/mol. The summed E-state index contributed by atoms with van der Waals surface area (Å²) in [5.74, 6) is 0.448. The molecule has 2 rings (SSSR count). The Labute approximate surface area is 108 Å². The molecule has 0 aromatic heterocycles. The van der Waals surface area contributed by atoms with Gasteiger partial charge < -0.3 is 5.32 Å². The average Bonchev–Trinajstić information content (AvgIpc) is 3.20. The number of nitrogens with one attached hydrogen (secondary N) is 1. The van der Waals surface area contributed by atoms with Gasteiger partial charge >= 0.3 is 0 Å². The van der Waals surface area contributed by atoms with E-state index >= 15 is 0 Å². The molecule has 1 aromatic carbocycles. The van der Waals surface area contributed by atoms with Gasteiger partial charge in [-0.1, -0.05) is 25.5 Å². The maximum atomic E-state index is 11.9. The summed E-state index contributed by atoms with van der Waals surface area (Å²) in [6.07, 6.45) is 4.45. The van der Waals surface area contributed by atoms with Gasteiger partial charge in [-0.15, -0.1) is 0 Å². The third-order valence-electron chi connectivity index (χ3n) is 3.14. The number of rotatable bonds is 6. The molecule has 1 aliphatic carbocycles. The highest BCUT2D eigenvalue weighted by Crippen LogP contribution is 2.33. The molecule has 3 heteroatoms. The normalized spacial score (nSPS) is 14.3. The molecule has 1 amide bonds. The Balaban J connectivity index is 1.98. The molecule has 1 N–H and O–H groups in total. The van der Waals surface area contributed by atoms with Crippen LogP contribution in [0.25, 0.3) is 0 Å². The molecule has 1 aliphatic rings. The zero-order chi connectivity index (χ0) is 13.0. The summed E-state index contributed by atoms with van der Waals surface area (Å²) < 4.78 is 0. The van der Waals surface area contributed by atoms with Gasteiger partial charge in [-0.2, -0.15) is 0 Å². The van der Waals surface area contributed by atoms with Crippen LogP contribution >= 0.6 is 0 Å². The van der Waals surface area contributed by atoms with Crippen LogP contribution in [0.15, 0.2) is 24.3 Å². The van der Waals surface area contributed by atoms with E-state index < -0.39 is 0 Å². The largest absolute Gasteiger partial charge is 0.326 e. The second-order valence-electron chi connectivity index (χ2n) is 4.87. The van der Waals surface area contributed by atoms with Crippen LogP contribution in [0.5, 0.6) is 0 Å². The number of anilines is 1. The fourth-order valence-corrected chi connectivity index (χ4v) is 1.89. The third-order valence-corrected chi connectivity index (χ3v) is 3.14. The predicted octanol–water partition coefficient (Wildman–Crippen LogP) is 3.41. The first-order valence-corrected chi connectivity index (χ1v) is 6.65. The molecule has 0 saturated heterocycles. The Hall–Kier alpha value is -1.64. The van der Waals surface area contributed by atoms with Crippen LogP contribution in [0.2, 0.25) is 0 Å². The summed E-state index contributed by atoms with van der Waals surface area (Å²) in [6.45, 7) is 2.06.